The Bertz CT molecular complexity index is 710. The van der Waals surface area contributed by atoms with E-state index in [0.717, 1.165) is 17.1 Å². The molecule has 98 valence electrons. The van der Waals surface area contributed by atoms with Crippen LogP contribution in [0.15, 0.2) is 30.5 Å². The molecule has 0 fully saturated rings. The first-order chi connectivity index (χ1) is 9.22. The molecule has 3 rings (SSSR count). The molecule has 0 N–H and O–H groups in total. The normalized spacial score (nSPS) is 11.3. The highest BCUT2D eigenvalue weighted by molar-refractivity contribution is 7.17. The van der Waals surface area contributed by atoms with Crippen LogP contribution in [0, 0.1) is 6.92 Å². The largest absolute Gasteiger partial charge is 0.290 e. The number of hydrogen-bond donors (Lipinski definition) is 0. The molecule has 0 bridgehead atoms. The number of nitrogens with zero attached hydrogens (tertiary/aromatic N) is 2. The predicted octanol–water partition coefficient (Wildman–Crippen LogP) is 4.67. The second-order valence-electron chi connectivity index (χ2n) is 4.58. The molecule has 4 heteroatoms. The molecule has 2 heterocycles. The van der Waals surface area contributed by atoms with Crippen molar-refractivity contribution >= 4 is 27.9 Å². The molecule has 0 amide bonds. The Labute approximate surface area is 121 Å². The Kier molecular flexibility index (Phi) is 3.33. The van der Waals surface area contributed by atoms with Gasteiger partial charge in [0.05, 0.1) is 17.3 Å². The minimum Gasteiger partial charge on any atom is -0.290 e. The van der Waals surface area contributed by atoms with Gasteiger partial charge in [0.1, 0.15) is 0 Å². The van der Waals surface area contributed by atoms with Crippen molar-refractivity contribution in [1.82, 2.24) is 9.38 Å². The van der Waals surface area contributed by atoms with Crippen LogP contribution >= 0.6 is 22.9 Å². The van der Waals surface area contributed by atoms with Gasteiger partial charge in [-0.05, 0) is 24.5 Å². The summed E-state index contributed by atoms with van der Waals surface area (Å²) in [5, 5.41) is 0. The summed E-state index contributed by atoms with van der Waals surface area (Å²) in [6, 6.07) is 8.76. The molecule has 0 saturated carbocycles. The maximum absolute atomic E-state index is 5.86. The fourth-order valence-electron chi connectivity index (χ4n) is 2.30. The molecule has 2 nitrogen and oxygen atoms in total. The van der Waals surface area contributed by atoms with Crippen molar-refractivity contribution in [1.29, 1.82) is 0 Å². The van der Waals surface area contributed by atoms with E-state index in [0.29, 0.717) is 5.88 Å². The highest BCUT2D eigenvalue weighted by atomic mass is 35.5. The van der Waals surface area contributed by atoms with Gasteiger partial charge in [-0.15, -0.1) is 22.9 Å². The number of halogens is 1. The molecule has 0 radical (unpaired) electrons. The number of fused-ring (bicyclic) bond motifs is 1. The van der Waals surface area contributed by atoms with Gasteiger partial charge >= 0.3 is 0 Å². The summed E-state index contributed by atoms with van der Waals surface area (Å²) in [5.74, 6) is 0.460. The average molecular weight is 291 g/mol. The molecule has 19 heavy (non-hydrogen) atoms. The Morgan fingerprint density at radius 3 is 2.63 bits per heavy atom. The van der Waals surface area contributed by atoms with Gasteiger partial charge < -0.3 is 0 Å². The van der Waals surface area contributed by atoms with Gasteiger partial charge in [0.25, 0.3) is 0 Å². The Balaban J connectivity index is 2.16. The van der Waals surface area contributed by atoms with Crippen molar-refractivity contribution < 1.29 is 0 Å². The number of rotatable bonds is 3. The highest BCUT2D eigenvalue weighted by Gasteiger charge is 2.13. The van der Waals surface area contributed by atoms with E-state index < -0.39 is 0 Å². The van der Waals surface area contributed by atoms with E-state index in [1.807, 2.05) is 6.20 Å². The predicted molar refractivity (Wildman–Crippen MR) is 82.2 cm³/mol. The van der Waals surface area contributed by atoms with E-state index in [4.69, 9.17) is 11.6 Å². The first-order valence-electron chi connectivity index (χ1n) is 6.35. The summed E-state index contributed by atoms with van der Waals surface area (Å²) in [6.45, 7) is 4.31. The van der Waals surface area contributed by atoms with Crippen LogP contribution in [0.4, 0.5) is 0 Å². The number of alkyl halides is 1. The smallest absolute Gasteiger partial charge is 0.194 e. The van der Waals surface area contributed by atoms with Gasteiger partial charge in [-0.25, -0.2) is 4.98 Å². The molecular weight excluding hydrogens is 276 g/mol. The van der Waals surface area contributed by atoms with Crippen molar-refractivity contribution in [3.8, 4) is 11.3 Å². The van der Waals surface area contributed by atoms with Gasteiger partial charge in [-0.3, -0.25) is 4.40 Å². The third-order valence-electron chi connectivity index (χ3n) is 3.31. The fourth-order valence-corrected chi connectivity index (χ4v) is 3.42. The van der Waals surface area contributed by atoms with Gasteiger partial charge in [-0.1, -0.05) is 31.2 Å². The third kappa shape index (κ3) is 2.17. The Morgan fingerprint density at radius 1 is 1.26 bits per heavy atom. The summed E-state index contributed by atoms with van der Waals surface area (Å²) >= 11 is 7.57. The van der Waals surface area contributed by atoms with Crippen molar-refractivity contribution in [3.05, 3.63) is 46.6 Å². The average Bonchev–Trinajstić information content (AvgIpc) is 2.95. The van der Waals surface area contributed by atoms with Crippen molar-refractivity contribution in [2.75, 3.05) is 0 Å². The molecule has 0 saturated heterocycles. The van der Waals surface area contributed by atoms with E-state index in [-0.39, 0.29) is 0 Å². The number of aryl methyl sites for hydroxylation is 2. The lowest BCUT2D eigenvalue weighted by atomic mass is 10.1. The van der Waals surface area contributed by atoms with Gasteiger partial charge in [0, 0.05) is 11.1 Å². The van der Waals surface area contributed by atoms with Crippen LogP contribution in [0.1, 0.15) is 23.1 Å². The van der Waals surface area contributed by atoms with Gasteiger partial charge in [0.15, 0.2) is 4.96 Å². The quantitative estimate of drug-likeness (QED) is 0.641. The maximum atomic E-state index is 5.86. The molecule has 0 aliphatic rings. The number of hydrogen-bond acceptors (Lipinski definition) is 2. The van der Waals surface area contributed by atoms with Crippen LogP contribution in [0.2, 0.25) is 0 Å². The highest BCUT2D eigenvalue weighted by Crippen LogP contribution is 2.31. The molecule has 3 aromatic rings. The van der Waals surface area contributed by atoms with E-state index in [2.05, 4.69) is 47.5 Å². The zero-order valence-corrected chi connectivity index (χ0v) is 12.6. The van der Waals surface area contributed by atoms with E-state index in [1.54, 1.807) is 11.3 Å². The van der Waals surface area contributed by atoms with Crippen molar-refractivity contribution in [2.24, 2.45) is 0 Å². The molecule has 0 aliphatic heterocycles. The molecule has 1 aromatic carbocycles. The van der Waals surface area contributed by atoms with Crippen LogP contribution < -0.4 is 0 Å². The summed E-state index contributed by atoms with van der Waals surface area (Å²) in [6.07, 6.45) is 3.11. The van der Waals surface area contributed by atoms with Crippen LogP contribution in [-0.4, -0.2) is 9.38 Å². The first kappa shape index (κ1) is 12.7. The van der Waals surface area contributed by atoms with E-state index in [9.17, 15) is 0 Å². The Hall–Kier alpha value is -1.32. The zero-order valence-electron chi connectivity index (χ0n) is 11.0. The number of benzene rings is 1. The third-order valence-corrected chi connectivity index (χ3v) is 4.56. The maximum Gasteiger partial charge on any atom is 0.194 e. The Morgan fingerprint density at radius 2 is 2.00 bits per heavy atom. The summed E-state index contributed by atoms with van der Waals surface area (Å²) in [7, 11) is 0. The number of thiazole rings is 1. The van der Waals surface area contributed by atoms with Crippen LogP contribution in [0.25, 0.3) is 16.2 Å². The van der Waals surface area contributed by atoms with Crippen LogP contribution in [0.5, 0.6) is 0 Å². The van der Waals surface area contributed by atoms with Gasteiger partial charge in [0.2, 0.25) is 0 Å². The fraction of sp³-hybridized carbons (Fsp3) is 0.267. The monoisotopic (exact) mass is 290 g/mol. The minimum absolute atomic E-state index is 0.460. The first-order valence-corrected chi connectivity index (χ1v) is 7.70. The van der Waals surface area contributed by atoms with E-state index >= 15 is 0 Å². The molecule has 0 unspecified atom stereocenters. The zero-order chi connectivity index (χ0) is 13.4. The lowest BCUT2D eigenvalue weighted by molar-refractivity contribution is 1.14. The molecule has 0 spiro atoms. The SMILES string of the molecule is CCc1ccc(-c2c(C)sc3nc(CCl)cn23)cc1. The molecule has 0 atom stereocenters. The second-order valence-corrected chi connectivity index (χ2v) is 6.02. The lowest BCUT2D eigenvalue weighted by Gasteiger charge is -2.03. The second kappa shape index (κ2) is 4.99. The topological polar surface area (TPSA) is 17.3 Å². The standard InChI is InChI=1S/C15H15ClN2S/c1-3-11-4-6-12(7-5-11)14-10(2)19-15-17-13(8-16)9-18(14)15/h4-7,9H,3,8H2,1-2H3. The minimum atomic E-state index is 0.460. The molecule has 2 aromatic heterocycles. The molecular formula is C15H15ClN2S. The van der Waals surface area contributed by atoms with Crippen LogP contribution in [0.3, 0.4) is 0 Å². The summed E-state index contributed by atoms with van der Waals surface area (Å²) < 4.78 is 2.15. The van der Waals surface area contributed by atoms with Crippen molar-refractivity contribution in [2.45, 2.75) is 26.1 Å². The van der Waals surface area contributed by atoms with Gasteiger partial charge in [-0.2, -0.15) is 0 Å². The summed E-state index contributed by atoms with van der Waals surface area (Å²) in [4.78, 5) is 6.82. The van der Waals surface area contributed by atoms with Crippen LogP contribution in [-0.2, 0) is 12.3 Å². The lowest BCUT2D eigenvalue weighted by Crippen LogP contribution is -1.87. The number of aromatic nitrogens is 2. The van der Waals surface area contributed by atoms with E-state index in [1.165, 1.54) is 21.7 Å². The van der Waals surface area contributed by atoms with Crippen molar-refractivity contribution in [3.63, 3.8) is 0 Å². The summed E-state index contributed by atoms with van der Waals surface area (Å²) in [5.41, 5.74) is 4.75. The number of imidazole rings is 1. The molecule has 0 aliphatic carbocycles.